The lowest BCUT2D eigenvalue weighted by Gasteiger charge is -2.09. The summed E-state index contributed by atoms with van der Waals surface area (Å²) in [5.74, 6) is 0. The van der Waals surface area contributed by atoms with Crippen LogP contribution in [-0.2, 0) is 13.6 Å². The Morgan fingerprint density at radius 3 is 2.72 bits per heavy atom. The fraction of sp³-hybridized carbons (Fsp3) is 0.118. The molecule has 0 radical (unpaired) electrons. The number of halogens is 2. The molecule has 0 bridgehead atoms. The molecular formula is C17H15Cl2N5O. The van der Waals surface area contributed by atoms with E-state index in [1.54, 1.807) is 41.5 Å². The summed E-state index contributed by atoms with van der Waals surface area (Å²) in [5.41, 5.74) is 3.33. The van der Waals surface area contributed by atoms with E-state index in [-0.39, 0.29) is 6.03 Å². The molecule has 6 nitrogen and oxygen atoms in total. The van der Waals surface area contributed by atoms with Crippen LogP contribution >= 0.6 is 23.2 Å². The Morgan fingerprint density at radius 2 is 2.00 bits per heavy atom. The quantitative estimate of drug-likeness (QED) is 0.720. The number of carbonyl (C=O) groups is 1. The fourth-order valence-corrected chi connectivity index (χ4v) is 2.61. The predicted octanol–water partition coefficient (Wildman–Crippen LogP) is 4.11. The number of nitrogens with zero attached hydrogens (tertiary/aromatic N) is 3. The van der Waals surface area contributed by atoms with Gasteiger partial charge in [-0.15, -0.1) is 0 Å². The lowest BCUT2D eigenvalue weighted by atomic mass is 10.1. The molecule has 0 aliphatic heterocycles. The molecule has 2 heterocycles. The maximum absolute atomic E-state index is 12.0. The number of benzene rings is 1. The number of hydrogen-bond acceptors (Lipinski definition) is 3. The van der Waals surface area contributed by atoms with Gasteiger partial charge in [0.15, 0.2) is 0 Å². The van der Waals surface area contributed by atoms with E-state index in [4.69, 9.17) is 23.2 Å². The minimum absolute atomic E-state index is 0.339. The van der Waals surface area contributed by atoms with Gasteiger partial charge < -0.3 is 10.6 Å². The van der Waals surface area contributed by atoms with E-state index in [0.29, 0.717) is 22.3 Å². The third-order valence-electron chi connectivity index (χ3n) is 3.54. The number of anilines is 1. The van der Waals surface area contributed by atoms with Gasteiger partial charge in [-0.3, -0.25) is 9.67 Å². The molecule has 25 heavy (non-hydrogen) atoms. The minimum Gasteiger partial charge on any atom is -0.334 e. The number of amides is 2. The van der Waals surface area contributed by atoms with Gasteiger partial charge in [0.2, 0.25) is 0 Å². The first kappa shape index (κ1) is 17.3. The number of nitrogens with one attached hydrogen (secondary N) is 2. The molecule has 0 saturated carbocycles. The van der Waals surface area contributed by atoms with Crippen LogP contribution in [0.25, 0.3) is 11.3 Å². The Morgan fingerprint density at radius 1 is 1.16 bits per heavy atom. The normalized spacial score (nSPS) is 10.5. The fourth-order valence-electron chi connectivity index (χ4n) is 2.31. The molecule has 3 rings (SSSR count). The number of pyridine rings is 1. The van der Waals surface area contributed by atoms with E-state index >= 15 is 0 Å². The van der Waals surface area contributed by atoms with Crippen LogP contribution in [0.3, 0.4) is 0 Å². The maximum Gasteiger partial charge on any atom is 0.319 e. The van der Waals surface area contributed by atoms with Crippen molar-refractivity contribution in [1.82, 2.24) is 20.1 Å². The maximum atomic E-state index is 12.0. The van der Waals surface area contributed by atoms with Crippen molar-refractivity contribution in [3.63, 3.8) is 0 Å². The van der Waals surface area contributed by atoms with Gasteiger partial charge in [-0.05, 0) is 35.9 Å². The highest BCUT2D eigenvalue weighted by atomic mass is 35.5. The zero-order chi connectivity index (χ0) is 17.8. The second kappa shape index (κ2) is 7.55. The Bertz CT molecular complexity index is 910. The van der Waals surface area contributed by atoms with E-state index in [9.17, 15) is 4.79 Å². The summed E-state index contributed by atoms with van der Waals surface area (Å²) in [7, 11) is 1.87. The van der Waals surface area contributed by atoms with E-state index in [1.165, 1.54) is 0 Å². The highest BCUT2D eigenvalue weighted by Crippen LogP contribution is 2.25. The first-order valence-electron chi connectivity index (χ1n) is 7.45. The van der Waals surface area contributed by atoms with Gasteiger partial charge in [0.05, 0.1) is 15.7 Å². The monoisotopic (exact) mass is 375 g/mol. The standard InChI is InChI=1S/C17H15Cl2N5O/c1-24-16(4-5-22-24)12-6-11(8-20-10-12)9-21-17(25)23-13-2-3-14(18)15(19)7-13/h2-8,10H,9H2,1H3,(H2,21,23,25). The first-order valence-corrected chi connectivity index (χ1v) is 8.21. The smallest absolute Gasteiger partial charge is 0.319 e. The van der Waals surface area contributed by atoms with Crippen LogP contribution in [0.2, 0.25) is 10.0 Å². The number of carbonyl (C=O) groups excluding carboxylic acids is 1. The number of aromatic nitrogens is 3. The lowest BCUT2D eigenvalue weighted by molar-refractivity contribution is 0.251. The highest BCUT2D eigenvalue weighted by Gasteiger charge is 2.07. The van der Waals surface area contributed by atoms with Gasteiger partial charge >= 0.3 is 6.03 Å². The van der Waals surface area contributed by atoms with Crippen molar-refractivity contribution in [3.8, 4) is 11.3 Å². The Kier molecular flexibility index (Phi) is 5.21. The SMILES string of the molecule is Cn1nccc1-c1cncc(CNC(=O)Nc2ccc(Cl)c(Cl)c2)c1. The Labute approximate surface area is 154 Å². The van der Waals surface area contributed by atoms with Crippen molar-refractivity contribution in [2.45, 2.75) is 6.54 Å². The number of urea groups is 1. The largest absolute Gasteiger partial charge is 0.334 e. The van der Waals surface area contributed by atoms with Crippen molar-refractivity contribution in [2.75, 3.05) is 5.32 Å². The van der Waals surface area contributed by atoms with Crippen LogP contribution in [0, 0.1) is 0 Å². The molecule has 2 aromatic heterocycles. The Balaban J connectivity index is 1.62. The summed E-state index contributed by atoms with van der Waals surface area (Å²) < 4.78 is 1.77. The van der Waals surface area contributed by atoms with Crippen molar-refractivity contribution >= 4 is 34.9 Å². The summed E-state index contributed by atoms with van der Waals surface area (Å²) in [5, 5.41) is 10.4. The molecule has 128 valence electrons. The highest BCUT2D eigenvalue weighted by molar-refractivity contribution is 6.42. The van der Waals surface area contributed by atoms with Crippen LogP contribution < -0.4 is 10.6 Å². The number of rotatable bonds is 4. The molecule has 1 aromatic carbocycles. The summed E-state index contributed by atoms with van der Waals surface area (Å²) in [4.78, 5) is 16.2. The predicted molar refractivity (Wildman–Crippen MR) is 98.8 cm³/mol. The van der Waals surface area contributed by atoms with Crippen LogP contribution in [0.4, 0.5) is 10.5 Å². The average Bonchev–Trinajstić information content (AvgIpc) is 3.03. The molecule has 0 unspecified atom stereocenters. The van der Waals surface area contributed by atoms with E-state index in [0.717, 1.165) is 16.8 Å². The third kappa shape index (κ3) is 4.29. The zero-order valence-electron chi connectivity index (χ0n) is 13.3. The van der Waals surface area contributed by atoms with Gasteiger partial charge in [-0.1, -0.05) is 23.2 Å². The van der Waals surface area contributed by atoms with Gasteiger partial charge in [0, 0.05) is 43.4 Å². The molecule has 2 amide bonds. The molecule has 8 heteroatoms. The van der Waals surface area contributed by atoms with Crippen molar-refractivity contribution < 1.29 is 4.79 Å². The number of hydrogen-bond donors (Lipinski definition) is 2. The average molecular weight is 376 g/mol. The van der Waals surface area contributed by atoms with Crippen molar-refractivity contribution in [2.24, 2.45) is 7.05 Å². The molecular weight excluding hydrogens is 361 g/mol. The van der Waals surface area contributed by atoms with E-state index in [2.05, 4.69) is 20.7 Å². The summed E-state index contributed by atoms with van der Waals surface area (Å²) in [6.45, 7) is 0.339. The molecule has 0 aliphatic rings. The lowest BCUT2D eigenvalue weighted by Crippen LogP contribution is -2.28. The molecule has 3 aromatic rings. The van der Waals surface area contributed by atoms with Crippen LogP contribution in [0.5, 0.6) is 0 Å². The van der Waals surface area contributed by atoms with Gasteiger partial charge in [0.1, 0.15) is 0 Å². The van der Waals surface area contributed by atoms with Gasteiger partial charge in [-0.25, -0.2) is 4.79 Å². The molecule has 0 atom stereocenters. The van der Waals surface area contributed by atoms with E-state index < -0.39 is 0 Å². The second-order valence-corrected chi connectivity index (χ2v) is 6.17. The summed E-state index contributed by atoms with van der Waals surface area (Å²) in [6, 6.07) is 8.42. The molecule has 0 fully saturated rings. The van der Waals surface area contributed by atoms with Crippen LogP contribution in [-0.4, -0.2) is 20.8 Å². The summed E-state index contributed by atoms with van der Waals surface area (Å²) in [6.07, 6.45) is 5.19. The van der Waals surface area contributed by atoms with Crippen molar-refractivity contribution in [3.05, 3.63) is 64.5 Å². The second-order valence-electron chi connectivity index (χ2n) is 5.36. The minimum atomic E-state index is -0.343. The van der Waals surface area contributed by atoms with Crippen LogP contribution in [0.15, 0.2) is 48.9 Å². The first-order chi connectivity index (χ1) is 12.0. The zero-order valence-corrected chi connectivity index (χ0v) is 14.8. The molecule has 0 aliphatic carbocycles. The van der Waals surface area contributed by atoms with Crippen LogP contribution in [0.1, 0.15) is 5.56 Å². The van der Waals surface area contributed by atoms with Crippen molar-refractivity contribution in [1.29, 1.82) is 0 Å². The molecule has 0 spiro atoms. The molecule has 0 saturated heterocycles. The number of aryl methyl sites for hydroxylation is 1. The van der Waals surface area contributed by atoms with Gasteiger partial charge in [-0.2, -0.15) is 5.10 Å². The topological polar surface area (TPSA) is 71.8 Å². The van der Waals surface area contributed by atoms with Gasteiger partial charge in [0.25, 0.3) is 0 Å². The summed E-state index contributed by atoms with van der Waals surface area (Å²) >= 11 is 11.8. The van der Waals surface area contributed by atoms with E-state index in [1.807, 2.05) is 19.2 Å². The molecule has 2 N–H and O–H groups in total. The third-order valence-corrected chi connectivity index (χ3v) is 4.28. The Hall–Kier alpha value is -2.57.